The third-order valence-electron chi connectivity index (χ3n) is 2.83. The van der Waals surface area contributed by atoms with Crippen LogP contribution in [-0.4, -0.2) is 0 Å². The quantitative estimate of drug-likeness (QED) is 0.803. The van der Waals surface area contributed by atoms with Crippen LogP contribution in [0.3, 0.4) is 0 Å². The Labute approximate surface area is 109 Å². The number of hydrogen-bond donors (Lipinski definition) is 1. The monoisotopic (exact) mass is 237 g/mol. The molecule has 0 aliphatic heterocycles. The fourth-order valence-electron chi connectivity index (χ4n) is 1.83. The Balaban J connectivity index is 1.64. The summed E-state index contributed by atoms with van der Waals surface area (Å²) < 4.78 is 0. The van der Waals surface area contributed by atoms with Crippen molar-refractivity contribution in [3.05, 3.63) is 84.1 Å². The number of hydrogen-bond acceptors (Lipinski definition) is 1. The van der Waals surface area contributed by atoms with Gasteiger partial charge in [0.05, 0.1) is 0 Å². The zero-order valence-corrected chi connectivity index (χ0v) is 10.5. The first-order valence-electron chi connectivity index (χ1n) is 6.41. The number of allylic oxidation sites excluding steroid dienone is 1. The minimum atomic E-state index is 0.892. The summed E-state index contributed by atoms with van der Waals surface area (Å²) in [5.74, 6) is 0. The molecule has 0 atom stereocenters. The summed E-state index contributed by atoms with van der Waals surface area (Å²) in [5, 5.41) is 3.31. The predicted octanol–water partition coefficient (Wildman–Crippen LogP) is 3.92. The average Bonchev–Trinajstić information content (AvgIpc) is 2.45. The van der Waals surface area contributed by atoms with Gasteiger partial charge >= 0.3 is 0 Å². The number of rotatable bonds is 6. The standard InChI is InChI=1S/C17H19N/c1-3-9-16(10-4-1)11-7-8-14-18-15-17-12-5-2-6-13-17/h1-6,8-10,12-14,18H,7,11,15H2. The lowest BCUT2D eigenvalue weighted by molar-refractivity contribution is 0.858. The second-order valence-electron chi connectivity index (χ2n) is 4.29. The van der Waals surface area contributed by atoms with E-state index in [1.807, 2.05) is 6.07 Å². The average molecular weight is 237 g/mol. The maximum absolute atomic E-state index is 3.31. The Kier molecular flexibility index (Phi) is 5.07. The molecule has 1 N–H and O–H groups in total. The first kappa shape index (κ1) is 12.4. The number of benzene rings is 2. The van der Waals surface area contributed by atoms with Crippen molar-refractivity contribution in [1.29, 1.82) is 0 Å². The summed E-state index contributed by atoms with van der Waals surface area (Å²) in [7, 11) is 0. The van der Waals surface area contributed by atoms with Crippen LogP contribution in [0.5, 0.6) is 0 Å². The van der Waals surface area contributed by atoms with Gasteiger partial charge in [-0.05, 0) is 30.2 Å². The van der Waals surface area contributed by atoms with Crippen molar-refractivity contribution < 1.29 is 0 Å². The van der Waals surface area contributed by atoms with Gasteiger partial charge in [-0.25, -0.2) is 0 Å². The maximum Gasteiger partial charge on any atom is 0.0395 e. The highest BCUT2D eigenvalue weighted by molar-refractivity contribution is 5.16. The van der Waals surface area contributed by atoms with E-state index in [0.717, 1.165) is 19.4 Å². The van der Waals surface area contributed by atoms with Crippen LogP contribution in [0.2, 0.25) is 0 Å². The van der Waals surface area contributed by atoms with Crippen LogP contribution >= 0.6 is 0 Å². The van der Waals surface area contributed by atoms with Crippen LogP contribution in [0.15, 0.2) is 72.9 Å². The van der Waals surface area contributed by atoms with Gasteiger partial charge < -0.3 is 5.32 Å². The van der Waals surface area contributed by atoms with Crippen molar-refractivity contribution in [2.24, 2.45) is 0 Å². The molecular weight excluding hydrogens is 218 g/mol. The van der Waals surface area contributed by atoms with Crippen LogP contribution < -0.4 is 5.32 Å². The normalized spacial score (nSPS) is 10.7. The van der Waals surface area contributed by atoms with Crippen LogP contribution in [0.4, 0.5) is 0 Å². The maximum atomic E-state index is 3.31. The summed E-state index contributed by atoms with van der Waals surface area (Å²) in [6.45, 7) is 0.892. The van der Waals surface area contributed by atoms with E-state index in [1.54, 1.807) is 0 Å². The smallest absolute Gasteiger partial charge is 0.0395 e. The van der Waals surface area contributed by atoms with Crippen LogP contribution in [-0.2, 0) is 13.0 Å². The molecule has 0 aromatic heterocycles. The summed E-state index contributed by atoms with van der Waals surface area (Å²) in [4.78, 5) is 0. The molecule has 1 nitrogen and oxygen atoms in total. The molecule has 0 radical (unpaired) electrons. The van der Waals surface area contributed by atoms with Crippen molar-refractivity contribution >= 4 is 0 Å². The van der Waals surface area contributed by atoms with Gasteiger partial charge in [-0.2, -0.15) is 0 Å². The lowest BCUT2D eigenvalue weighted by Crippen LogP contribution is -2.03. The zero-order valence-electron chi connectivity index (χ0n) is 10.5. The van der Waals surface area contributed by atoms with Crippen molar-refractivity contribution in [2.75, 3.05) is 0 Å². The summed E-state index contributed by atoms with van der Waals surface area (Å²) in [6.07, 6.45) is 6.42. The fraction of sp³-hybridized carbons (Fsp3) is 0.176. The molecule has 0 aliphatic rings. The molecule has 92 valence electrons. The predicted molar refractivity (Wildman–Crippen MR) is 77.2 cm³/mol. The van der Waals surface area contributed by atoms with E-state index in [9.17, 15) is 0 Å². The van der Waals surface area contributed by atoms with Crippen LogP contribution in [0.1, 0.15) is 17.5 Å². The molecule has 0 amide bonds. The van der Waals surface area contributed by atoms with Gasteiger partial charge in [0.1, 0.15) is 0 Å². The SMILES string of the molecule is C(=CNCc1ccccc1)CCc1ccccc1. The molecule has 1 heteroatoms. The topological polar surface area (TPSA) is 12.0 Å². The first-order valence-corrected chi connectivity index (χ1v) is 6.41. The summed E-state index contributed by atoms with van der Waals surface area (Å²) in [6, 6.07) is 21.0. The molecule has 0 saturated heterocycles. The summed E-state index contributed by atoms with van der Waals surface area (Å²) in [5.41, 5.74) is 2.70. The third kappa shape index (κ3) is 4.46. The molecule has 2 aromatic carbocycles. The molecule has 0 heterocycles. The lowest BCUT2D eigenvalue weighted by Gasteiger charge is -2.00. The van der Waals surface area contributed by atoms with Gasteiger partial charge in [0.15, 0.2) is 0 Å². The molecule has 0 unspecified atom stereocenters. The molecule has 0 saturated carbocycles. The highest BCUT2D eigenvalue weighted by atomic mass is 14.8. The minimum Gasteiger partial charge on any atom is -0.387 e. The Bertz CT molecular complexity index is 414. The van der Waals surface area contributed by atoms with Crippen molar-refractivity contribution in [3.63, 3.8) is 0 Å². The van der Waals surface area contributed by atoms with Crippen molar-refractivity contribution in [2.45, 2.75) is 19.4 Å². The first-order chi connectivity index (χ1) is 8.95. The molecule has 0 spiro atoms. The second kappa shape index (κ2) is 7.33. The van der Waals surface area contributed by atoms with Crippen molar-refractivity contribution in [1.82, 2.24) is 5.32 Å². The molecule has 0 fully saturated rings. The number of nitrogens with one attached hydrogen (secondary N) is 1. The van der Waals surface area contributed by atoms with E-state index >= 15 is 0 Å². The van der Waals surface area contributed by atoms with Gasteiger partial charge in [0, 0.05) is 6.54 Å². The minimum absolute atomic E-state index is 0.892. The van der Waals surface area contributed by atoms with E-state index in [0.29, 0.717) is 0 Å². The van der Waals surface area contributed by atoms with Crippen molar-refractivity contribution in [3.8, 4) is 0 Å². The molecule has 2 rings (SSSR count). The molecule has 18 heavy (non-hydrogen) atoms. The zero-order chi connectivity index (χ0) is 12.5. The fourth-order valence-corrected chi connectivity index (χ4v) is 1.83. The van der Waals surface area contributed by atoms with E-state index in [2.05, 4.69) is 72.2 Å². The van der Waals surface area contributed by atoms with Crippen LogP contribution in [0, 0.1) is 0 Å². The van der Waals surface area contributed by atoms with Gasteiger partial charge in [0.25, 0.3) is 0 Å². The van der Waals surface area contributed by atoms with E-state index < -0.39 is 0 Å². The summed E-state index contributed by atoms with van der Waals surface area (Å²) >= 11 is 0. The van der Waals surface area contributed by atoms with Gasteiger partial charge in [-0.3, -0.25) is 0 Å². The highest BCUT2D eigenvalue weighted by Crippen LogP contribution is 2.02. The second-order valence-corrected chi connectivity index (χ2v) is 4.29. The molecule has 0 bridgehead atoms. The Morgan fingerprint density at radius 1 is 0.778 bits per heavy atom. The van der Waals surface area contributed by atoms with E-state index in [1.165, 1.54) is 11.1 Å². The van der Waals surface area contributed by atoms with E-state index in [4.69, 9.17) is 0 Å². The Morgan fingerprint density at radius 3 is 2.06 bits per heavy atom. The highest BCUT2D eigenvalue weighted by Gasteiger charge is 1.88. The molecule has 2 aromatic rings. The Hall–Kier alpha value is -2.02. The van der Waals surface area contributed by atoms with Gasteiger partial charge in [-0.1, -0.05) is 66.7 Å². The van der Waals surface area contributed by atoms with Crippen LogP contribution in [0.25, 0.3) is 0 Å². The number of aryl methyl sites for hydroxylation is 1. The van der Waals surface area contributed by atoms with Gasteiger partial charge in [-0.15, -0.1) is 0 Å². The van der Waals surface area contributed by atoms with Gasteiger partial charge in [0.2, 0.25) is 0 Å². The third-order valence-corrected chi connectivity index (χ3v) is 2.83. The molecular formula is C17H19N. The van der Waals surface area contributed by atoms with E-state index in [-0.39, 0.29) is 0 Å². The lowest BCUT2D eigenvalue weighted by atomic mass is 10.1. The molecule has 0 aliphatic carbocycles. The Morgan fingerprint density at radius 2 is 1.39 bits per heavy atom. The largest absolute Gasteiger partial charge is 0.387 e.